The molecule has 0 aliphatic heterocycles. The van der Waals surface area contributed by atoms with E-state index in [9.17, 15) is 4.79 Å². The van der Waals surface area contributed by atoms with Crippen LogP contribution >= 0.6 is 11.8 Å². The van der Waals surface area contributed by atoms with Crippen LogP contribution < -0.4 is 5.32 Å². The molecule has 1 aromatic heterocycles. The molecule has 144 valence electrons. The third-order valence-corrected chi connectivity index (χ3v) is 5.15. The fourth-order valence-electron chi connectivity index (χ4n) is 2.92. The highest BCUT2D eigenvalue weighted by molar-refractivity contribution is 7.98. The van der Waals surface area contributed by atoms with Gasteiger partial charge in [0, 0.05) is 16.0 Å². The molecular formula is C23H19N3O2S. The van der Waals surface area contributed by atoms with Crippen LogP contribution in [0, 0.1) is 0 Å². The van der Waals surface area contributed by atoms with Crippen molar-refractivity contribution >= 4 is 23.7 Å². The molecular weight excluding hydrogens is 382 g/mol. The van der Waals surface area contributed by atoms with Gasteiger partial charge in [0.2, 0.25) is 5.89 Å². The topological polar surface area (TPSA) is 68.0 Å². The number of thioether (sulfide) groups is 1. The molecule has 5 nitrogen and oxygen atoms in total. The molecule has 0 aliphatic rings. The molecule has 0 aliphatic carbocycles. The minimum absolute atomic E-state index is 0.0768. The van der Waals surface area contributed by atoms with Gasteiger partial charge in [-0.1, -0.05) is 53.6 Å². The smallest absolute Gasteiger partial charge is 0.322 e. The van der Waals surface area contributed by atoms with Crippen molar-refractivity contribution in [1.82, 2.24) is 10.2 Å². The van der Waals surface area contributed by atoms with Crippen LogP contribution in [0.2, 0.25) is 0 Å². The summed E-state index contributed by atoms with van der Waals surface area (Å²) in [5, 5.41) is 10.6. The molecule has 0 bridgehead atoms. The molecule has 1 heterocycles. The van der Waals surface area contributed by atoms with E-state index in [-0.39, 0.29) is 11.9 Å². The van der Waals surface area contributed by atoms with Gasteiger partial charge < -0.3 is 4.42 Å². The summed E-state index contributed by atoms with van der Waals surface area (Å²) in [5.74, 6) is 0.0822. The van der Waals surface area contributed by atoms with Crippen molar-refractivity contribution < 1.29 is 9.21 Å². The predicted octanol–water partition coefficient (Wildman–Crippen LogP) is 5.30. The van der Waals surface area contributed by atoms with Crippen LogP contribution in [-0.2, 0) is 6.42 Å². The Morgan fingerprint density at radius 2 is 1.69 bits per heavy atom. The Morgan fingerprint density at radius 1 is 0.931 bits per heavy atom. The average Bonchev–Trinajstić information content (AvgIpc) is 3.23. The Labute approximate surface area is 173 Å². The Bertz CT molecular complexity index is 1110. The maximum Gasteiger partial charge on any atom is 0.322 e. The lowest BCUT2D eigenvalue weighted by molar-refractivity contribution is 0.102. The van der Waals surface area contributed by atoms with E-state index < -0.39 is 0 Å². The molecule has 1 amide bonds. The van der Waals surface area contributed by atoms with Crippen molar-refractivity contribution in [2.24, 2.45) is 0 Å². The van der Waals surface area contributed by atoms with E-state index in [2.05, 4.69) is 27.6 Å². The zero-order chi connectivity index (χ0) is 20.1. The van der Waals surface area contributed by atoms with Crippen molar-refractivity contribution in [1.29, 1.82) is 0 Å². The second-order valence-electron chi connectivity index (χ2n) is 6.46. The number of carbonyl (C=O) groups is 1. The van der Waals surface area contributed by atoms with Crippen LogP contribution in [0.5, 0.6) is 0 Å². The van der Waals surface area contributed by atoms with E-state index in [0.717, 1.165) is 22.4 Å². The number of nitrogens with one attached hydrogen (secondary N) is 1. The summed E-state index contributed by atoms with van der Waals surface area (Å²) in [7, 11) is 0. The Balaban J connectivity index is 1.42. The van der Waals surface area contributed by atoms with Crippen LogP contribution in [-0.4, -0.2) is 22.4 Å². The lowest BCUT2D eigenvalue weighted by Gasteiger charge is -2.04. The number of aromatic nitrogens is 2. The first-order valence-electron chi connectivity index (χ1n) is 9.13. The van der Waals surface area contributed by atoms with Gasteiger partial charge in [0.15, 0.2) is 0 Å². The molecule has 3 aromatic carbocycles. The van der Waals surface area contributed by atoms with E-state index in [1.165, 1.54) is 5.56 Å². The molecule has 4 rings (SSSR count). The van der Waals surface area contributed by atoms with Crippen molar-refractivity contribution in [3.8, 4) is 11.5 Å². The highest BCUT2D eigenvalue weighted by Crippen LogP contribution is 2.24. The van der Waals surface area contributed by atoms with Crippen molar-refractivity contribution in [2.45, 2.75) is 11.3 Å². The molecule has 1 N–H and O–H groups in total. The standard InChI is InChI=1S/C23H19N3O2S/c1-29-20-9-5-8-19(15-20)22-25-26-23(28-22)24-21(27)18-12-10-17(11-13-18)14-16-6-3-2-4-7-16/h2-13,15H,14H2,1H3,(H,24,26,27). The normalized spacial score (nSPS) is 10.7. The van der Waals surface area contributed by atoms with Crippen LogP contribution in [0.1, 0.15) is 21.5 Å². The highest BCUT2D eigenvalue weighted by atomic mass is 32.2. The van der Waals surface area contributed by atoms with Crippen LogP contribution in [0.4, 0.5) is 6.01 Å². The third kappa shape index (κ3) is 4.73. The van der Waals surface area contributed by atoms with Gasteiger partial charge in [0.1, 0.15) is 0 Å². The average molecular weight is 401 g/mol. The summed E-state index contributed by atoms with van der Waals surface area (Å²) < 4.78 is 5.60. The number of amides is 1. The summed E-state index contributed by atoms with van der Waals surface area (Å²) in [4.78, 5) is 13.6. The maximum atomic E-state index is 12.5. The zero-order valence-electron chi connectivity index (χ0n) is 15.8. The number of anilines is 1. The predicted molar refractivity (Wildman–Crippen MR) is 115 cm³/mol. The van der Waals surface area contributed by atoms with Crippen LogP contribution in [0.3, 0.4) is 0 Å². The molecule has 29 heavy (non-hydrogen) atoms. The molecule has 0 fully saturated rings. The van der Waals surface area contributed by atoms with E-state index in [4.69, 9.17) is 4.42 Å². The van der Waals surface area contributed by atoms with E-state index in [1.54, 1.807) is 23.9 Å². The maximum absolute atomic E-state index is 12.5. The fourth-order valence-corrected chi connectivity index (χ4v) is 3.38. The largest absolute Gasteiger partial charge is 0.403 e. The second-order valence-corrected chi connectivity index (χ2v) is 7.34. The summed E-state index contributed by atoms with van der Waals surface area (Å²) in [6.45, 7) is 0. The summed E-state index contributed by atoms with van der Waals surface area (Å²) in [6, 6.07) is 25.6. The lowest BCUT2D eigenvalue weighted by atomic mass is 10.0. The SMILES string of the molecule is CSc1cccc(-c2nnc(NC(=O)c3ccc(Cc4ccccc4)cc3)o2)c1. The minimum Gasteiger partial charge on any atom is -0.403 e. The summed E-state index contributed by atoms with van der Waals surface area (Å²) >= 11 is 1.63. The summed E-state index contributed by atoms with van der Waals surface area (Å²) in [5.41, 5.74) is 3.72. The van der Waals surface area contributed by atoms with Crippen molar-refractivity contribution in [3.63, 3.8) is 0 Å². The first-order chi connectivity index (χ1) is 14.2. The molecule has 4 aromatic rings. The lowest BCUT2D eigenvalue weighted by Crippen LogP contribution is -2.12. The first-order valence-corrected chi connectivity index (χ1v) is 10.4. The molecule has 0 unspecified atom stereocenters. The second kappa shape index (κ2) is 8.75. The number of hydrogen-bond donors (Lipinski definition) is 1. The van der Waals surface area contributed by atoms with Crippen molar-refractivity contribution in [2.75, 3.05) is 11.6 Å². The summed E-state index contributed by atoms with van der Waals surface area (Å²) in [6.07, 6.45) is 2.83. The van der Waals surface area contributed by atoms with Gasteiger partial charge in [-0.25, -0.2) is 0 Å². The molecule has 0 spiro atoms. The van der Waals surface area contributed by atoms with E-state index >= 15 is 0 Å². The number of nitrogens with zero attached hydrogens (tertiary/aromatic N) is 2. The van der Waals surface area contributed by atoms with Crippen LogP contribution in [0.25, 0.3) is 11.5 Å². The highest BCUT2D eigenvalue weighted by Gasteiger charge is 2.13. The van der Waals surface area contributed by atoms with Gasteiger partial charge in [0.25, 0.3) is 5.91 Å². The third-order valence-electron chi connectivity index (χ3n) is 4.43. The monoisotopic (exact) mass is 401 g/mol. The van der Waals surface area contributed by atoms with Gasteiger partial charge in [0.05, 0.1) is 0 Å². The molecule has 0 saturated carbocycles. The van der Waals surface area contributed by atoms with Gasteiger partial charge in [-0.05, 0) is 54.1 Å². The fraction of sp³-hybridized carbons (Fsp3) is 0.0870. The molecule has 6 heteroatoms. The Kier molecular flexibility index (Phi) is 5.72. The van der Waals surface area contributed by atoms with Gasteiger partial charge in [-0.3, -0.25) is 10.1 Å². The van der Waals surface area contributed by atoms with Gasteiger partial charge in [-0.15, -0.1) is 16.9 Å². The van der Waals surface area contributed by atoms with Crippen LogP contribution in [0.15, 0.2) is 88.2 Å². The van der Waals surface area contributed by atoms with Crippen molar-refractivity contribution in [3.05, 3.63) is 95.6 Å². The number of rotatable bonds is 6. The Morgan fingerprint density at radius 3 is 2.45 bits per heavy atom. The first kappa shape index (κ1) is 19.0. The van der Waals surface area contributed by atoms with Gasteiger partial charge >= 0.3 is 6.01 Å². The zero-order valence-corrected chi connectivity index (χ0v) is 16.6. The molecule has 0 saturated heterocycles. The number of carbonyl (C=O) groups excluding carboxylic acids is 1. The quantitative estimate of drug-likeness (QED) is 0.444. The van der Waals surface area contributed by atoms with E-state index in [1.807, 2.05) is 60.9 Å². The molecule has 0 atom stereocenters. The molecule has 0 radical (unpaired) electrons. The number of hydrogen-bond acceptors (Lipinski definition) is 5. The van der Waals surface area contributed by atoms with Gasteiger partial charge in [-0.2, -0.15) is 0 Å². The van der Waals surface area contributed by atoms with E-state index in [0.29, 0.717) is 11.5 Å². The Hall–Kier alpha value is -3.38. The minimum atomic E-state index is -0.288. The number of benzene rings is 3.